The number of fused-ring (bicyclic) bond motifs is 1. The summed E-state index contributed by atoms with van der Waals surface area (Å²) in [6.07, 6.45) is 7.03. The molecule has 45 heavy (non-hydrogen) atoms. The van der Waals surface area contributed by atoms with Gasteiger partial charge in [-0.3, -0.25) is 14.7 Å². The Morgan fingerprint density at radius 3 is 2.42 bits per heavy atom. The Hall–Kier alpha value is -3.33. The first-order valence-electron chi connectivity index (χ1n) is 16.3. The van der Waals surface area contributed by atoms with E-state index in [2.05, 4.69) is 40.2 Å². The predicted molar refractivity (Wildman–Crippen MR) is 171 cm³/mol. The molecule has 1 saturated heterocycles. The lowest BCUT2D eigenvalue weighted by atomic mass is 9.82. The molecule has 0 radical (unpaired) electrons. The topological polar surface area (TPSA) is 81.1 Å². The molecule has 0 spiro atoms. The zero-order valence-corrected chi connectivity index (χ0v) is 26.8. The van der Waals surface area contributed by atoms with Crippen molar-refractivity contribution < 1.29 is 28.5 Å². The van der Waals surface area contributed by atoms with E-state index in [0.717, 1.165) is 77.8 Å². The third-order valence-corrected chi connectivity index (χ3v) is 10.1. The first kappa shape index (κ1) is 31.6. The standard InChI is InChI=1S/C37H45FN2O5/c1-22-15-32(33(38)18-39-22)31-13-9-26(16-28(31)19-40-29(20-43-3)11-12-30(40)21-44-4)34-14-10-24-5-8-27(17-35(24)45-34)36(25-6-7-25)23(2)37(41)42/h5,8-9,13,15-18,23,25,29-30,34,36H,6-7,10-12,14,19-21H2,1-4H3,(H,41,42)/t23-,29+,30+,34?,36-/m0/s1. The molecule has 3 aromatic rings. The van der Waals surface area contributed by atoms with E-state index in [1.54, 1.807) is 14.2 Å². The fourth-order valence-electron chi connectivity index (χ4n) is 7.58. The fraction of sp³-hybridized carbons (Fsp3) is 0.514. The van der Waals surface area contributed by atoms with E-state index in [0.29, 0.717) is 31.2 Å². The molecule has 6 rings (SSSR count). The van der Waals surface area contributed by atoms with E-state index in [4.69, 9.17) is 14.2 Å². The highest BCUT2D eigenvalue weighted by Gasteiger charge is 2.39. The lowest BCUT2D eigenvalue weighted by Gasteiger charge is -2.32. The molecule has 1 aliphatic carbocycles. The highest BCUT2D eigenvalue weighted by atomic mass is 19.1. The fourth-order valence-corrected chi connectivity index (χ4v) is 7.58. The summed E-state index contributed by atoms with van der Waals surface area (Å²) in [6, 6.07) is 14.9. The average molecular weight is 617 g/mol. The first-order chi connectivity index (χ1) is 21.8. The Bertz CT molecular complexity index is 1510. The van der Waals surface area contributed by atoms with Crippen molar-refractivity contribution in [3.63, 3.8) is 0 Å². The number of aryl methyl sites for hydroxylation is 2. The summed E-state index contributed by atoms with van der Waals surface area (Å²) in [5, 5.41) is 9.80. The lowest BCUT2D eigenvalue weighted by Crippen LogP contribution is -2.40. The summed E-state index contributed by atoms with van der Waals surface area (Å²) in [6.45, 7) is 5.60. The minimum absolute atomic E-state index is 0.0121. The van der Waals surface area contributed by atoms with E-state index < -0.39 is 11.9 Å². The van der Waals surface area contributed by atoms with Crippen LogP contribution in [0.2, 0.25) is 0 Å². The lowest BCUT2D eigenvalue weighted by molar-refractivity contribution is -0.142. The summed E-state index contributed by atoms with van der Waals surface area (Å²) in [5.41, 5.74) is 6.46. The third kappa shape index (κ3) is 6.79. The van der Waals surface area contributed by atoms with Crippen LogP contribution in [0.4, 0.5) is 4.39 Å². The quantitative estimate of drug-likeness (QED) is 0.232. The molecular weight excluding hydrogens is 571 g/mol. The number of methoxy groups -OCH3 is 2. The SMILES string of the molecule is COC[C@H]1CC[C@H](COC)N1Cc1cc(C2CCc3ccc([C@H](C4CC4)[C@H](C)C(=O)O)cc3O2)ccc1-c1cc(C)ncc1F. The van der Waals surface area contributed by atoms with Gasteiger partial charge in [-0.2, -0.15) is 0 Å². The summed E-state index contributed by atoms with van der Waals surface area (Å²) in [7, 11) is 3.48. The van der Waals surface area contributed by atoms with Crippen LogP contribution in [-0.2, 0) is 27.2 Å². The highest BCUT2D eigenvalue weighted by Crippen LogP contribution is 2.48. The van der Waals surface area contributed by atoms with Crippen molar-refractivity contribution in [2.75, 3.05) is 27.4 Å². The van der Waals surface area contributed by atoms with Crippen molar-refractivity contribution >= 4 is 5.97 Å². The van der Waals surface area contributed by atoms with Crippen LogP contribution in [-0.4, -0.2) is 60.5 Å². The molecule has 240 valence electrons. The van der Waals surface area contributed by atoms with Crippen molar-refractivity contribution in [2.24, 2.45) is 11.8 Å². The van der Waals surface area contributed by atoms with E-state index in [1.165, 1.54) is 6.20 Å². The average Bonchev–Trinajstić information content (AvgIpc) is 3.81. The molecule has 8 heteroatoms. The summed E-state index contributed by atoms with van der Waals surface area (Å²) < 4.78 is 33.1. The van der Waals surface area contributed by atoms with Crippen LogP contribution in [0.25, 0.3) is 11.1 Å². The molecule has 2 fully saturated rings. The maximum atomic E-state index is 15.3. The number of hydrogen-bond acceptors (Lipinski definition) is 6. The first-order valence-corrected chi connectivity index (χ1v) is 16.3. The molecule has 3 heterocycles. The number of aliphatic carboxylic acids is 1. The van der Waals surface area contributed by atoms with Crippen LogP contribution in [0, 0.1) is 24.6 Å². The van der Waals surface area contributed by atoms with Gasteiger partial charge in [0.15, 0.2) is 0 Å². The monoisotopic (exact) mass is 616 g/mol. The van der Waals surface area contributed by atoms with E-state index in [-0.39, 0.29) is 29.9 Å². The van der Waals surface area contributed by atoms with Gasteiger partial charge >= 0.3 is 5.97 Å². The van der Waals surface area contributed by atoms with Crippen LogP contribution in [0.1, 0.15) is 79.0 Å². The number of rotatable bonds is 12. The van der Waals surface area contributed by atoms with Crippen LogP contribution in [0.5, 0.6) is 5.75 Å². The number of carbonyl (C=O) groups is 1. The molecule has 0 amide bonds. The number of benzene rings is 2. The Morgan fingerprint density at radius 2 is 1.76 bits per heavy atom. The Balaban J connectivity index is 1.34. The van der Waals surface area contributed by atoms with Crippen LogP contribution >= 0.6 is 0 Å². The predicted octanol–water partition coefficient (Wildman–Crippen LogP) is 7.10. The zero-order chi connectivity index (χ0) is 31.7. The number of pyridine rings is 1. The van der Waals surface area contributed by atoms with Crippen LogP contribution < -0.4 is 4.74 Å². The Morgan fingerprint density at radius 1 is 1.02 bits per heavy atom. The molecule has 5 atom stereocenters. The van der Waals surface area contributed by atoms with Crippen molar-refractivity contribution in [1.82, 2.24) is 9.88 Å². The summed E-state index contributed by atoms with van der Waals surface area (Å²) in [5.74, 6) is -0.299. The number of carboxylic acids is 1. The molecular formula is C37H45FN2O5. The maximum Gasteiger partial charge on any atom is 0.306 e. The van der Waals surface area contributed by atoms with Crippen molar-refractivity contribution in [3.8, 4) is 16.9 Å². The number of nitrogens with zero attached hydrogens (tertiary/aromatic N) is 2. The second-order valence-electron chi connectivity index (χ2n) is 13.2. The van der Waals surface area contributed by atoms with Gasteiger partial charge in [0.1, 0.15) is 17.7 Å². The molecule has 1 unspecified atom stereocenters. The van der Waals surface area contributed by atoms with Crippen molar-refractivity contribution in [1.29, 1.82) is 0 Å². The minimum atomic E-state index is -0.754. The summed E-state index contributed by atoms with van der Waals surface area (Å²) in [4.78, 5) is 18.6. The Labute approximate surface area is 265 Å². The number of halogens is 1. The van der Waals surface area contributed by atoms with Gasteiger partial charge in [-0.1, -0.05) is 37.3 Å². The number of carboxylic acid groups (broad SMARTS) is 1. The van der Waals surface area contributed by atoms with Gasteiger partial charge in [-0.25, -0.2) is 4.39 Å². The van der Waals surface area contributed by atoms with E-state index in [1.807, 2.05) is 26.0 Å². The second-order valence-corrected chi connectivity index (χ2v) is 13.2. The minimum Gasteiger partial charge on any atom is -0.485 e. The van der Waals surface area contributed by atoms with E-state index >= 15 is 4.39 Å². The largest absolute Gasteiger partial charge is 0.485 e. The molecule has 1 aromatic heterocycles. The number of ether oxygens (including phenoxy) is 3. The zero-order valence-electron chi connectivity index (χ0n) is 26.8. The molecule has 1 N–H and O–H groups in total. The van der Waals surface area contributed by atoms with Crippen molar-refractivity contribution in [2.45, 2.75) is 83.0 Å². The molecule has 7 nitrogen and oxygen atoms in total. The molecule has 2 aromatic carbocycles. The van der Waals surface area contributed by atoms with Gasteiger partial charge in [-0.05, 0) is 97.2 Å². The maximum absolute atomic E-state index is 15.3. The third-order valence-electron chi connectivity index (χ3n) is 10.1. The van der Waals surface area contributed by atoms with Gasteiger partial charge in [0, 0.05) is 44.1 Å². The van der Waals surface area contributed by atoms with Crippen LogP contribution in [0.15, 0.2) is 48.7 Å². The molecule has 0 bridgehead atoms. The highest BCUT2D eigenvalue weighted by molar-refractivity contribution is 5.71. The smallest absolute Gasteiger partial charge is 0.306 e. The van der Waals surface area contributed by atoms with Gasteiger partial charge in [0.05, 0.1) is 25.3 Å². The van der Waals surface area contributed by atoms with Gasteiger partial charge < -0.3 is 19.3 Å². The van der Waals surface area contributed by atoms with Gasteiger partial charge in [0.25, 0.3) is 0 Å². The number of likely N-dealkylation sites (tertiary alicyclic amines) is 1. The molecule has 1 saturated carbocycles. The normalized spacial score (nSPS) is 22.9. The van der Waals surface area contributed by atoms with E-state index in [9.17, 15) is 9.90 Å². The molecule has 3 aliphatic rings. The molecule has 2 aliphatic heterocycles. The van der Waals surface area contributed by atoms with Crippen LogP contribution in [0.3, 0.4) is 0 Å². The van der Waals surface area contributed by atoms with Gasteiger partial charge in [-0.15, -0.1) is 0 Å². The second kappa shape index (κ2) is 13.6. The number of aromatic nitrogens is 1. The van der Waals surface area contributed by atoms with Crippen molar-refractivity contribution in [3.05, 3.63) is 82.4 Å². The summed E-state index contributed by atoms with van der Waals surface area (Å²) >= 11 is 0. The Kier molecular flexibility index (Phi) is 9.54. The van der Waals surface area contributed by atoms with Gasteiger partial charge in [0.2, 0.25) is 0 Å². The number of hydrogen-bond donors (Lipinski definition) is 1.